The van der Waals surface area contributed by atoms with E-state index in [-0.39, 0.29) is 23.3 Å². The summed E-state index contributed by atoms with van der Waals surface area (Å²) in [5, 5.41) is 0.396. The molecule has 1 aliphatic rings. The molecule has 0 saturated carbocycles. The first-order valence-corrected chi connectivity index (χ1v) is 7.18. The summed E-state index contributed by atoms with van der Waals surface area (Å²) in [5.74, 6) is -0.283. The number of fused-ring (bicyclic) bond motifs is 1. The molecule has 0 saturated heterocycles. The second kappa shape index (κ2) is 6.35. The van der Waals surface area contributed by atoms with Gasteiger partial charge in [0, 0.05) is 18.6 Å². The number of carbonyl (C=O) groups is 2. The molecule has 118 valence electrons. The monoisotopic (exact) mass is 354 g/mol. The molecule has 10 heteroatoms. The molecule has 0 N–H and O–H groups in total. The summed E-state index contributed by atoms with van der Waals surface area (Å²) in [4.78, 5) is 37.3. The highest BCUT2D eigenvalue weighted by molar-refractivity contribution is 6.30. The molecule has 3 heterocycles. The third-order valence-corrected chi connectivity index (χ3v) is 3.29. The van der Waals surface area contributed by atoms with Gasteiger partial charge in [0.15, 0.2) is 11.8 Å². The molecule has 0 spiro atoms. The predicted molar refractivity (Wildman–Crippen MR) is 79.1 cm³/mol. The SMILES string of the molecule is O=C(OCCl)O[C@H]1c2nccnc2C(=O)N1c1ccc(Cl)cn1. The van der Waals surface area contributed by atoms with Gasteiger partial charge in [-0.2, -0.15) is 0 Å². The van der Waals surface area contributed by atoms with Gasteiger partial charge in [-0.3, -0.25) is 9.78 Å². The van der Waals surface area contributed by atoms with Crippen LogP contribution in [0.15, 0.2) is 30.7 Å². The highest BCUT2D eigenvalue weighted by Gasteiger charge is 2.43. The van der Waals surface area contributed by atoms with Crippen molar-refractivity contribution in [3.8, 4) is 0 Å². The third-order valence-electron chi connectivity index (χ3n) is 2.96. The maximum Gasteiger partial charge on any atom is 0.511 e. The molecule has 3 rings (SSSR count). The number of ether oxygens (including phenoxy) is 2. The van der Waals surface area contributed by atoms with Crippen molar-refractivity contribution in [2.24, 2.45) is 0 Å². The summed E-state index contributed by atoms with van der Waals surface area (Å²) in [5.41, 5.74) is 0.244. The Labute approximate surface area is 140 Å². The van der Waals surface area contributed by atoms with E-state index in [4.69, 9.17) is 27.9 Å². The molecule has 0 radical (unpaired) electrons. The maximum atomic E-state index is 12.5. The fraction of sp³-hybridized carbons (Fsp3) is 0.154. The number of alkyl halides is 1. The van der Waals surface area contributed by atoms with Gasteiger partial charge in [-0.15, -0.1) is 0 Å². The van der Waals surface area contributed by atoms with Gasteiger partial charge in [-0.05, 0) is 12.1 Å². The standard InChI is InChI=1S/C13H8Cl2N4O4/c14-6-22-13(21)23-12-10-9(16-3-4-17-10)11(20)19(12)8-2-1-7(15)5-18-8/h1-5,12H,6H2/t12-/m0/s1. The largest absolute Gasteiger partial charge is 0.511 e. The number of carbonyl (C=O) groups excluding carboxylic acids is 2. The molecule has 8 nitrogen and oxygen atoms in total. The zero-order chi connectivity index (χ0) is 16.4. The quantitative estimate of drug-likeness (QED) is 0.617. The minimum absolute atomic E-state index is 0.0629. The molecule has 2 aromatic rings. The number of nitrogens with zero attached hydrogens (tertiary/aromatic N) is 4. The van der Waals surface area contributed by atoms with Gasteiger partial charge >= 0.3 is 6.16 Å². The Morgan fingerprint density at radius 2 is 2.04 bits per heavy atom. The number of rotatable bonds is 3. The smallest absolute Gasteiger partial charge is 0.418 e. The van der Waals surface area contributed by atoms with Crippen LogP contribution in [0.2, 0.25) is 5.02 Å². The minimum atomic E-state index is -1.16. The molecule has 0 fully saturated rings. The maximum absolute atomic E-state index is 12.5. The third kappa shape index (κ3) is 2.90. The molecule has 23 heavy (non-hydrogen) atoms. The lowest BCUT2D eigenvalue weighted by Crippen LogP contribution is -2.32. The lowest BCUT2D eigenvalue weighted by Gasteiger charge is -2.22. The van der Waals surface area contributed by atoms with Crippen LogP contribution in [0.4, 0.5) is 10.6 Å². The number of pyridine rings is 1. The fourth-order valence-electron chi connectivity index (χ4n) is 2.05. The summed E-state index contributed by atoms with van der Waals surface area (Å²) in [6, 6.07) is 2.68. The van der Waals surface area contributed by atoms with Crippen LogP contribution in [0.25, 0.3) is 0 Å². The molecular formula is C13H8Cl2N4O4. The van der Waals surface area contributed by atoms with Crippen LogP contribution in [0.5, 0.6) is 0 Å². The van der Waals surface area contributed by atoms with Gasteiger partial charge in [0.05, 0.1) is 5.02 Å². The van der Waals surface area contributed by atoms with Crippen molar-refractivity contribution in [3.05, 3.63) is 47.1 Å². The zero-order valence-electron chi connectivity index (χ0n) is 11.3. The second-order valence-corrected chi connectivity index (χ2v) is 4.93. The lowest BCUT2D eigenvalue weighted by molar-refractivity contribution is 0.0323. The molecule has 1 aliphatic heterocycles. The van der Waals surface area contributed by atoms with Crippen molar-refractivity contribution in [2.45, 2.75) is 6.23 Å². The summed E-state index contributed by atoms with van der Waals surface area (Å²) >= 11 is 11.1. The molecule has 0 unspecified atom stereocenters. The van der Waals surface area contributed by atoms with Crippen LogP contribution in [0.1, 0.15) is 22.4 Å². The van der Waals surface area contributed by atoms with Crippen molar-refractivity contribution in [1.29, 1.82) is 0 Å². The highest BCUT2D eigenvalue weighted by Crippen LogP contribution is 2.35. The normalized spacial score (nSPS) is 16.2. The van der Waals surface area contributed by atoms with Crippen molar-refractivity contribution in [3.63, 3.8) is 0 Å². The Hall–Kier alpha value is -2.45. The van der Waals surface area contributed by atoms with Crippen LogP contribution >= 0.6 is 23.2 Å². The van der Waals surface area contributed by atoms with E-state index in [2.05, 4.69) is 19.7 Å². The average Bonchev–Trinajstić information content (AvgIpc) is 2.82. The first kappa shape index (κ1) is 15.4. The summed E-state index contributed by atoms with van der Waals surface area (Å²) < 4.78 is 9.66. The van der Waals surface area contributed by atoms with Gasteiger partial charge < -0.3 is 9.47 Å². The van der Waals surface area contributed by atoms with Crippen LogP contribution < -0.4 is 4.90 Å². The average molecular weight is 355 g/mol. The lowest BCUT2D eigenvalue weighted by atomic mass is 10.3. The number of anilines is 1. The van der Waals surface area contributed by atoms with E-state index in [9.17, 15) is 9.59 Å². The van der Waals surface area contributed by atoms with Crippen molar-refractivity contribution in [2.75, 3.05) is 11.0 Å². The summed E-state index contributed by atoms with van der Waals surface area (Å²) in [7, 11) is 0. The van der Waals surface area contributed by atoms with E-state index >= 15 is 0 Å². The van der Waals surface area contributed by atoms with Crippen LogP contribution in [-0.2, 0) is 9.47 Å². The second-order valence-electron chi connectivity index (χ2n) is 4.27. The molecule has 2 aromatic heterocycles. The van der Waals surface area contributed by atoms with Gasteiger partial charge in [-0.1, -0.05) is 23.2 Å². The molecule has 0 bridgehead atoms. The molecule has 0 aliphatic carbocycles. The topological polar surface area (TPSA) is 94.5 Å². The number of halogens is 2. The molecular weight excluding hydrogens is 347 g/mol. The number of hydrogen-bond acceptors (Lipinski definition) is 7. The molecule has 1 atom stereocenters. The minimum Gasteiger partial charge on any atom is -0.418 e. The van der Waals surface area contributed by atoms with E-state index in [1.807, 2.05) is 0 Å². The van der Waals surface area contributed by atoms with Gasteiger partial charge in [-0.25, -0.2) is 19.7 Å². The molecule has 0 aromatic carbocycles. The Kier molecular flexibility index (Phi) is 4.26. The zero-order valence-corrected chi connectivity index (χ0v) is 12.9. The number of hydrogen-bond donors (Lipinski definition) is 0. The Morgan fingerprint density at radius 3 is 2.74 bits per heavy atom. The van der Waals surface area contributed by atoms with Crippen molar-refractivity contribution < 1.29 is 19.1 Å². The van der Waals surface area contributed by atoms with E-state index in [1.54, 1.807) is 6.07 Å². The fourth-order valence-corrected chi connectivity index (χ4v) is 2.25. The Balaban J connectivity index is 2.00. The number of aromatic nitrogens is 3. The highest BCUT2D eigenvalue weighted by atomic mass is 35.5. The van der Waals surface area contributed by atoms with E-state index < -0.39 is 18.3 Å². The summed E-state index contributed by atoms with van der Waals surface area (Å²) in [6.45, 7) is 0. The van der Waals surface area contributed by atoms with Crippen LogP contribution in [0.3, 0.4) is 0 Å². The van der Waals surface area contributed by atoms with Crippen LogP contribution in [0, 0.1) is 0 Å². The van der Waals surface area contributed by atoms with Gasteiger partial charge in [0.25, 0.3) is 5.91 Å². The first-order valence-electron chi connectivity index (χ1n) is 6.27. The Morgan fingerprint density at radius 1 is 1.26 bits per heavy atom. The van der Waals surface area contributed by atoms with Crippen LogP contribution in [-0.4, -0.2) is 33.1 Å². The van der Waals surface area contributed by atoms with Gasteiger partial charge in [0.1, 0.15) is 11.5 Å². The summed E-state index contributed by atoms with van der Waals surface area (Å²) in [6.07, 6.45) is 1.91. The number of amides is 1. The van der Waals surface area contributed by atoms with Crippen molar-refractivity contribution in [1.82, 2.24) is 15.0 Å². The van der Waals surface area contributed by atoms with E-state index in [0.29, 0.717) is 5.02 Å². The van der Waals surface area contributed by atoms with Crippen molar-refractivity contribution >= 4 is 41.1 Å². The molecule has 1 amide bonds. The van der Waals surface area contributed by atoms with E-state index in [0.717, 1.165) is 4.90 Å². The first-order chi connectivity index (χ1) is 11.1. The van der Waals surface area contributed by atoms with Gasteiger partial charge in [0.2, 0.25) is 6.23 Å². The van der Waals surface area contributed by atoms with E-state index in [1.165, 1.54) is 24.7 Å². The Bertz CT molecular complexity index is 756. The predicted octanol–water partition coefficient (Wildman–Crippen LogP) is 2.53.